The molecule has 0 spiro atoms. The Hall–Kier alpha value is -2.10. The number of amides is 1. The largest absolute Gasteiger partial charge is 0.465 e. The lowest BCUT2D eigenvalue weighted by atomic mass is 10.0. The van der Waals surface area contributed by atoms with E-state index in [1.807, 2.05) is 13.0 Å². The highest BCUT2D eigenvalue weighted by Gasteiger charge is 2.23. The number of nitrogens with zero attached hydrogens (tertiary/aromatic N) is 1. The third-order valence-electron chi connectivity index (χ3n) is 3.22. The van der Waals surface area contributed by atoms with Crippen LogP contribution in [0.2, 0.25) is 0 Å². The number of carbonyl (C=O) groups is 2. The molecule has 0 radical (unpaired) electrons. The highest BCUT2D eigenvalue weighted by Crippen LogP contribution is 2.27. The maximum Gasteiger partial charge on any atom is 0.337 e. The highest BCUT2D eigenvalue weighted by atomic mass is 16.5. The quantitative estimate of drug-likeness (QED) is 0.784. The van der Waals surface area contributed by atoms with Gasteiger partial charge in [-0.25, -0.2) is 4.79 Å². The lowest BCUT2D eigenvalue weighted by Gasteiger charge is -2.18. The first-order valence-electron chi connectivity index (χ1n) is 6.22. The molecule has 0 saturated carbocycles. The summed E-state index contributed by atoms with van der Waals surface area (Å²) in [7, 11) is 1.34. The van der Waals surface area contributed by atoms with Gasteiger partial charge in [0.25, 0.3) is 0 Å². The van der Waals surface area contributed by atoms with E-state index in [9.17, 15) is 9.59 Å². The molecule has 0 unspecified atom stereocenters. The van der Waals surface area contributed by atoms with Crippen LogP contribution in [-0.4, -0.2) is 25.5 Å². The van der Waals surface area contributed by atoms with Crippen LogP contribution < -0.4 is 4.90 Å². The normalized spacial score (nSPS) is 14.6. The Balaban J connectivity index is 2.48. The van der Waals surface area contributed by atoms with Crippen molar-refractivity contribution in [1.29, 1.82) is 0 Å². The Morgan fingerprint density at radius 2 is 2.00 bits per heavy atom. The second kappa shape index (κ2) is 5.26. The van der Waals surface area contributed by atoms with Crippen LogP contribution in [0.25, 0.3) is 5.57 Å². The molecule has 19 heavy (non-hydrogen) atoms. The predicted octanol–water partition coefficient (Wildman–Crippen LogP) is 2.63. The fourth-order valence-corrected chi connectivity index (χ4v) is 2.17. The van der Waals surface area contributed by atoms with Crippen molar-refractivity contribution in [3.8, 4) is 0 Å². The minimum atomic E-state index is -0.406. The van der Waals surface area contributed by atoms with Crippen molar-refractivity contribution in [3.63, 3.8) is 0 Å². The van der Waals surface area contributed by atoms with Gasteiger partial charge in [-0.15, -0.1) is 0 Å². The van der Waals surface area contributed by atoms with Crippen molar-refractivity contribution in [3.05, 3.63) is 35.9 Å². The number of benzene rings is 1. The van der Waals surface area contributed by atoms with Gasteiger partial charge in [0.15, 0.2) is 0 Å². The molecule has 0 atom stereocenters. The van der Waals surface area contributed by atoms with Gasteiger partial charge in [-0.05, 0) is 37.1 Å². The van der Waals surface area contributed by atoms with Gasteiger partial charge in [-0.2, -0.15) is 0 Å². The first-order valence-corrected chi connectivity index (χ1v) is 6.22. The van der Waals surface area contributed by atoms with E-state index in [-0.39, 0.29) is 5.91 Å². The van der Waals surface area contributed by atoms with Crippen LogP contribution in [0.4, 0.5) is 5.69 Å². The summed E-state index contributed by atoms with van der Waals surface area (Å²) in [5.74, 6) is -0.314. The molecular formula is C15H17NO3. The fraction of sp³-hybridized carbons (Fsp3) is 0.333. The number of allylic oxidation sites excluding steroid dienone is 1. The number of hydrogen-bond donors (Lipinski definition) is 0. The third-order valence-corrected chi connectivity index (χ3v) is 3.22. The summed E-state index contributed by atoms with van der Waals surface area (Å²) in [6.07, 6.45) is 1.41. The number of rotatable bonds is 3. The van der Waals surface area contributed by atoms with Gasteiger partial charge in [0, 0.05) is 18.7 Å². The van der Waals surface area contributed by atoms with E-state index in [0.717, 1.165) is 23.2 Å². The van der Waals surface area contributed by atoms with Crippen molar-refractivity contribution in [2.75, 3.05) is 18.6 Å². The maximum absolute atomic E-state index is 11.8. The lowest BCUT2D eigenvalue weighted by molar-refractivity contribution is -0.117. The summed E-state index contributed by atoms with van der Waals surface area (Å²) in [5, 5.41) is 0. The van der Waals surface area contributed by atoms with E-state index in [2.05, 4.69) is 6.58 Å². The molecule has 4 nitrogen and oxygen atoms in total. The van der Waals surface area contributed by atoms with E-state index in [1.54, 1.807) is 17.0 Å². The second-order valence-electron chi connectivity index (χ2n) is 4.69. The van der Waals surface area contributed by atoms with Crippen molar-refractivity contribution in [2.24, 2.45) is 0 Å². The van der Waals surface area contributed by atoms with Gasteiger partial charge in [-0.1, -0.05) is 12.2 Å². The Kier molecular flexibility index (Phi) is 3.69. The number of ether oxygens (including phenoxy) is 1. The molecule has 0 aliphatic carbocycles. The molecule has 1 aliphatic rings. The van der Waals surface area contributed by atoms with Crippen LogP contribution in [0.3, 0.4) is 0 Å². The Morgan fingerprint density at radius 1 is 1.32 bits per heavy atom. The summed E-state index contributed by atoms with van der Waals surface area (Å²) in [5.41, 5.74) is 2.87. The molecule has 1 fully saturated rings. The van der Waals surface area contributed by atoms with Gasteiger partial charge in [0.1, 0.15) is 0 Å². The zero-order chi connectivity index (χ0) is 14.0. The van der Waals surface area contributed by atoms with Gasteiger partial charge < -0.3 is 9.64 Å². The Labute approximate surface area is 112 Å². The zero-order valence-electron chi connectivity index (χ0n) is 11.2. The molecule has 1 aromatic rings. The molecule has 0 bridgehead atoms. The van der Waals surface area contributed by atoms with E-state index >= 15 is 0 Å². The van der Waals surface area contributed by atoms with Gasteiger partial charge in [0.2, 0.25) is 5.91 Å². The SMILES string of the molecule is C=C(C)c1cc(C(=O)OC)cc(N2CCCC2=O)c1. The molecule has 0 aromatic heterocycles. The van der Waals surface area contributed by atoms with Crippen LogP contribution in [0.15, 0.2) is 24.8 Å². The van der Waals surface area contributed by atoms with Crippen molar-refractivity contribution in [2.45, 2.75) is 19.8 Å². The molecule has 1 aliphatic heterocycles. The van der Waals surface area contributed by atoms with Gasteiger partial charge in [0.05, 0.1) is 12.7 Å². The lowest BCUT2D eigenvalue weighted by Crippen LogP contribution is -2.24. The monoisotopic (exact) mass is 259 g/mol. The number of carbonyl (C=O) groups excluding carboxylic acids is 2. The molecule has 1 saturated heterocycles. The van der Waals surface area contributed by atoms with E-state index in [1.165, 1.54) is 7.11 Å². The van der Waals surface area contributed by atoms with Crippen molar-refractivity contribution < 1.29 is 14.3 Å². The average Bonchev–Trinajstić information content (AvgIpc) is 2.83. The summed E-state index contributed by atoms with van der Waals surface area (Å²) < 4.78 is 4.74. The van der Waals surface area contributed by atoms with E-state index in [0.29, 0.717) is 18.5 Å². The molecule has 4 heteroatoms. The molecule has 2 rings (SSSR count). The number of hydrogen-bond acceptors (Lipinski definition) is 3. The van der Waals surface area contributed by atoms with Crippen molar-refractivity contribution in [1.82, 2.24) is 0 Å². The van der Waals surface area contributed by atoms with Crippen LogP contribution in [-0.2, 0) is 9.53 Å². The number of esters is 1. The van der Waals surface area contributed by atoms with Gasteiger partial charge >= 0.3 is 5.97 Å². The highest BCUT2D eigenvalue weighted by molar-refractivity contribution is 5.98. The molecular weight excluding hydrogens is 242 g/mol. The summed E-state index contributed by atoms with van der Waals surface area (Å²) in [4.78, 5) is 25.2. The minimum absolute atomic E-state index is 0.0923. The number of anilines is 1. The van der Waals surface area contributed by atoms with Crippen LogP contribution in [0.5, 0.6) is 0 Å². The van der Waals surface area contributed by atoms with Crippen LogP contribution in [0, 0.1) is 0 Å². The maximum atomic E-state index is 11.8. The molecule has 0 N–H and O–H groups in total. The molecule has 1 heterocycles. The molecule has 100 valence electrons. The predicted molar refractivity (Wildman–Crippen MR) is 74.1 cm³/mol. The topological polar surface area (TPSA) is 46.6 Å². The smallest absolute Gasteiger partial charge is 0.337 e. The first-order chi connectivity index (χ1) is 9.02. The first kappa shape index (κ1) is 13.3. The van der Waals surface area contributed by atoms with Crippen molar-refractivity contribution >= 4 is 23.1 Å². The Bertz CT molecular complexity index is 548. The average molecular weight is 259 g/mol. The summed E-state index contributed by atoms with van der Waals surface area (Å²) in [6.45, 7) is 6.44. The summed E-state index contributed by atoms with van der Waals surface area (Å²) in [6, 6.07) is 5.32. The van der Waals surface area contributed by atoms with Crippen LogP contribution in [0.1, 0.15) is 35.7 Å². The van der Waals surface area contributed by atoms with Gasteiger partial charge in [-0.3, -0.25) is 4.79 Å². The number of methoxy groups -OCH3 is 1. The van der Waals surface area contributed by atoms with E-state index < -0.39 is 5.97 Å². The standard InChI is InChI=1S/C15H17NO3/c1-10(2)11-7-12(15(18)19-3)9-13(8-11)16-6-4-5-14(16)17/h7-9H,1,4-6H2,2-3H3. The third kappa shape index (κ3) is 2.67. The zero-order valence-corrected chi connectivity index (χ0v) is 11.2. The molecule has 1 amide bonds. The molecule has 1 aromatic carbocycles. The minimum Gasteiger partial charge on any atom is -0.465 e. The summed E-state index contributed by atoms with van der Waals surface area (Å²) >= 11 is 0. The Morgan fingerprint density at radius 3 is 2.53 bits per heavy atom. The fourth-order valence-electron chi connectivity index (χ4n) is 2.17. The van der Waals surface area contributed by atoms with Crippen LogP contribution >= 0.6 is 0 Å². The second-order valence-corrected chi connectivity index (χ2v) is 4.69. The van der Waals surface area contributed by atoms with E-state index in [4.69, 9.17) is 4.74 Å².